The second kappa shape index (κ2) is 9.70. The van der Waals surface area contributed by atoms with Gasteiger partial charge in [0.25, 0.3) is 5.91 Å². The minimum absolute atomic E-state index is 0.258. The minimum atomic E-state index is -0.638. The summed E-state index contributed by atoms with van der Waals surface area (Å²) < 4.78 is 5.34. The topological polar surface area (TPSA) is 87.0 Å². The molecule has 0 saturated carbocycles. The SMILES string of the molecule is CCSC1=C(C#N)C(c2cccnc2Cl)C(C(=O)Nc2ccccc2OC)=C(C)N1. The van der Waals surface area contributed by atoms with E-state index < -0.39 is 5.92 Å². The normalized spacial score (nSPS) is 16.0. The van der Waals surface area contributed by atoms with E-state index in [1.807, 2.05) is 26.0 Å². The van der Waals surface area contributed by atoms with Crippen LogP contribution in [-0.2, 0) is 4.79 Å². The lowest BCUT2D eigenvalue weighted by Gasteiger charge is -2.30. The van der Waals surface area contributed by atoms with Crippen molar-refractivity contribution in [2.24, 2.45) is 0 Å². The van der Waals surface area contributed by atoms with Crippen LogP contribution in [0.2, 0.25) is 5.15 Å². The smallest absolute Gasteiger partial charge is 0.254 e. The van der Waals surface area contributed by atoms with Crippen LogP contribution in [0.5, 0.6) is 5.75 Å². The van der Waals surface area contributed by atoms with Crippen molar-refractivity contribution in [1.82, 2.24) is 10.3 Å². The number of thioether (sulfide) groups is 1. The first-order chi connectivity index (χ1) is 14.5. The first-order valence-electron chi connectivity index (χ1n) is 9.31. The van der Waals surface area contributed by atoms with Gasteiger partial charge in [-0.05, 0) is 30.9 Å². The summed E-state index contributed by atoms with van der Waals surface area (Å²) >= 11 is 7.90. The van der Waals surface area contributed by atoms with Crippen LogP contribution in [-0.4, -0.2) is 23.8 Å². The van der Waals surface area contributed by atoms with Gasteiger partial charge >= 0.3 is 0 Å². The van der Waals surface area contributed by atoms with Gasteiger partial charge in [-0.25, -0.2) is 4.98 Å². The summed E-state index contributed by atoms with van der Waals surface area (Å²) in [5, 5.41) is 17.1. The molecule has 0 bridgehead atoms. The Balaban J connectivity index is 2.11. The van der Waals surface area contributed by atoms with Crippen molar-refractivity contribution in [1.29, 1.82) is 5.26 Å². The maximum Gasteiger partial charge on any atom is 0.254 e. The molecule has 0 aliphatic carbocycles. The minimum Gasteiger partial charge on any atom is -0.495 e. The van der Waals surface area contributed by atoms with E-state index >= 15 is 0 Å². The standard InChI is InChI=1S/C22H21ClN4O2S/c1-4-30-22-15(12-24)19(14-8-7-11-25-20(14)23)18(13(2)26-22)21(28)27-16-9-5-6-10-17(16)29-3/h5-11,19,26H,4H2,1-3H3,(H,27,28). The first-order valence-corrected chi connectivity index (χ1v) is 10.7. The predicted molar refractivity (Wildman–Crippen MR) is 120 cm³/mol. The molecule has 0 fully saturated rings. The molecule has 3 rings (SSSR count). The van der Waals surface area contributed by atoms with Crippen molar-refractivity contribution < 1.29 is 9.53 Å². The lowest BCUT2D eigenvalue weighted by atomic mass is 9.82. The molecule has 8 heteroatoms. The van der Waals surface area contributed by atoms with Crippen LogP contribution in [0.25, 0.3) is 0 Å². The Labute approximate surface area is 185 Å². The van der Waals surface area contributed by atoms with Gasteiger partial charge in [-0.15, -0.1) is 11.8 Å². The Bertz CT molecular complexity index is 1070. The number of halogens is 1. The van der Waals surface area contributed by atoms with Gasteiger partial charge in [0.15, 0.2) is 0 Å². The summed E-state index contributed by atoms with van der Waals surface area (Å²) in [6, 6.07) is 13.0. The zero-order valence-corrected chi connectivity index (χ0v) is 18.4. The number of pyridine rings is 1. The van der Waals surface area contributed by atoms with Gasteiger partial charge in [0.2, 0.25) is 0 Å². The van der Waals surface area contributed by atoms with Gasteiger partial charge in [0.05, 0.1) is 35.4 Å². The molecular formula is C22H21ClN4O2S. The van der Waals surface area contributed by atoms with E-state index in [1.165, 1.54) is 11.8 Å². The summed E-state index contributed by atoms with van der Waals surface area (Å²) in [6.45, 7) is 3.82. The third kappa shape index (κ3) is 4.30. The molecule has 1 unspecified atom stereocenters. The molecule has 1 aromatic heterocycles. The Morgan fingerprint density at radius 2 is 2.13 bits per heavy atom. The largest absolute Gasteiger partial charge is 0.495 e. The van der Waals surface area contributed by atoms with Crippen LogP contribution in [0.3, 0.4) is 0 Å². The number of para-hydroxylation sites is 2. The number of methoxy groups -OCH3 is 1. The van der Waals surface area contributed by atoms with E-state index in [2.05, 4.69) is 21.7 Å². The molecule has 1 aliphatic heterocycles. The number of carbonyl (C=O) groups excluding carboxylic acids is 1. The number of amides is 1. The van der Waals surface area contributed by atoms with Crippen LogP contribution >= 0.6 is 23.4 Å². The van der Waals surface area contributed by atoms with Crippen LogP contribution in [0.1, 0.15) is 25.3 Å². The van der Waals surface area contributed by atoms with E-state index in [1.54, 1.807) is 37.6 Å². The third-order valence-electron chi connectivity index (χ3n) is 4.63. The van der Waals surface area contributed by atoms with Gasteiger partial charge in [0, 0.05) is 23.0 Å². The van der Waals surface area contributed by atoms with Crippen molar-refractivity contribution in [3.05, 3.63) is 75.2 Å². The van der Waals surface area contributed by atoms with Gasteiger partial charge in [0.1, 0.15) is 10.9 Å². The van der Waals surface area contributed by atoms with E-state index in [0.29, 0.717) is 33.8 Å². The van der Waals surface area contributed by atoms with E-state index in [9.17, 15) is 10.1 Å². The predicted octanol–water partition coefficient (Wildman–Crippen LogP) is 4.83. The number of aromatic nitrogens is 1. The van der Waals surface area contributed by atoms with Gasteiger partial charge < -0.3 is 15.4 Å². The molecule has 1 atom stereocenters. The first kappa shape index (κ1) is 21.8. The van der Waals surface area contributed by atoms with Crippen LogP contribution in [0.15, 0.2) is 64.5 Å². The molecule has 30 heavy (non-hydrogen) atoms. The van der Waals surface area contributed by atoms with Crippen molar-refractivity contribution in [3.63, 3.8) is 0 Å². The molecule has 2 N–H and O–H groups in total. The molecular weight excluding hydrogens is 420 g/mol. The monoisotopic (exact) mass is 440 g/mol. The molecule has 1 aliphatic rings. The Morgan fingerprint density at radius 3 is 2.80 bits per heavy atom. The summed E-state index contributed by atoms with van der Waals surface area (Å²) in [5.74, 6) is 0.336. The van der Waals surface area contributed by atoms with Crippen molar-refractivity contribution in [3.8, 4) is 11.8 Å². The maximum atomic E-state index is 13.4. The van der Waals surface area contributed by atoms with Gasteiger partial charge in [-0.2, -0.15) is 5.26 Å². The average Bonchev–Trinajstić information content (AvgIpc) is 2.74. The summed E-state index contributed by atoms with van der Waals surface area (Å²) in [6.07, 6.45) is 1.58. The number of nitrogens with one attached hydrogen (secondary N) is 2. The van der Waals surface area contributed by atoms with Gasteiger partial charge in [-0.3, -0.25) is 4.79 Å². The highest BCUT2D eigenvalue weighted by Gasteiger charge is 2.36. The number of allylic oxidation sites excluding steroid dienone is 2. The van der Waals surface area contributed by atoms with Crippen molar-refractivity contribution >= 4 is 35.0 Å². The van der Waals surface area contributed by atoms with Crippen molar-refractivity contribution in [2.75, 3.05) is 18.2 Å². The molecule has 0 spiro atoms. The Kier molecular flexibility index (Phi) is 7.03. The number of dihydropyridines is 1. The highest BCUT2D eigenvalue weighted by Crippen LogP contribution is 2.42. The number of anilines is 1. The summed E-state index contributed by atoms with van der Waals surface area (Å²) in [4.78, 5) is 17.6. The zero-order valence-electron chi connectivity index (χ0n) is 16.8. The Hall–Kier alpha value is -2.95. The Morgan fingerprint density at radius 1 is 1.37 bits per heavy atom. The maximum absolute atomic E-state index is 13.4. The molecule has 1 amide bonds. The number of benzene rings is 1. The number of ether oxygens (including phenoxy) is 1. The number of nitrogens with zero attached hydrogens (tertiary/aromatic N) is 2. The second-order valence-corrected chi connectivity index (χ2v) is 8.05. The molecule has 2 heterocycles. The number of nitriles is 1. The fraction of sp³-hybridized carbons (Fsp3) is 0.227. The third-order valence-corrected chi connectivity index (χ3v) is 5.85. The van der Waals surface area contributed by atoms with E-state index in [4.69, 9.17) is 16.3 Å². The van der Waals surface area contributed by atoms with Crippen LogP contribution in [0.4, 0.5) is 5.69 Å². The molecule has 0 saturated heterocycles. The molecule has 6 nitrogen and oxygen atoms in total. The van der Waals surface area contributed by atoms with Gasteiger partial charge in [-0.1, -0.05) is 36.7 Å². The number of carbonyl (C=O) groups is 1. The lowest BCUT2D eigenvalue weighted by molar-refractivity contribution is -0.113. The zero-order chi connectivity index (χ0) is 21.7. The molecule has 0 radical (unpaired) electrons. The lowest BCUT2D eigenvalue weighted by Crippen LogP contribution is -2.31. The summed E-state index contributed by atoms with van der Waals surface area (Å²) in [5.41, 5.74) is 2.65. The fourth-order valence-electron chi connectivity index (χ4n) is 3.33. The number of hydrogen-bond acceptors (Lipinski definition) is 6. The highest BCUT2D eigenvalue weighted by atomic mass is 35.5. The second-order valence-electron chi connectivity index (χ2n) is 6.42. The molecule has 1 aromatic carbocycles. The van der Waals surface area contributed by atoms with Crippen molar-refractivity contribution in [2.45, 2.75) is 19.8 Å². The molecule has 154 valence electrons. The fourth-order valence-corrected chi connectivity index (χ4v) is 4.40. The summed E-state index contributed by atoms with van der Waals surface area (Å²) in [7, 11) is 1.54. The average molecular weight is 441 g/mol. The quantitative estimate of drug-likeness (QED) is 0.625. The van der Waals surface area contributed by atoms with E-state index in [-0.39, 0.29) is 11.1 Å². The van der Waals surface area contributed by atoms with E-state index in [0.717, 1.165) is 10.8 Å². The number of rotatable bonds is 6. The molecule has 2 aromatic rings. The van der Waals surface area contributed by atoms with Crippen LogP contribution < -0.4 is 15.4 Å². The number of hydrogen-bond donors (Lipinski definition) is 2. The highest BCUT2D eigenvalue weighted by molar-refractivity contribution is 8.03. The van der Waals surface area contributed by atoms with Crippen LogP contribution in [0, 0.1) is 11.3 Å².